The largest absolute Gasteiger partial charge is 0.311 e. The fourth-order valence-corrected chi connectivity index (χ4v) is 4.17. The summed E-state index contributed by atoms with van der Waals surface area (Å²) in [6, 6.07) is 6.56. The second-order valence-electron chi connectivity index (χ2n) is 4.40. The lowest BCUT2D eigenvalue weighted by molar-refractivity contribution is 0.0977. The normalized spacial score (nSPS) is 19.6. The van der Waals surface area contributed by atoms with Gasteiger partial charge in [-0.1, -0.05) is 11.6 Å². The third-order valence-electron chi connectivity index (χ3n) is 2.97. The molecule has 7 heteroatoms. The van der Waals surface area contributed by atoms with Gasteiger partial charge in [0.25, 0.3) is 5.91 Å². The maximum atomic E-state index is 12.7. The topological polar surface area (TPSA) is 52.2 Å². The monoisotopic (exact) mass is 285 g/mol. The van der Waals surface area contributed by atoms with Crippen LogP contribution in [0.15, 0.2) is 24.3 Å². The first-order chi connectivity index (χ1) is 8.59. The molecule has 0 saturated carbocycles. The molecule has 2 aliphatic rings. The Kier molecular flexibility index (Phi) is 2.94. The lowest BCUT2D eigenvalue weighted by Gasteiger charge is -2.20. The zero-order valence-electron chi connectivity index (χ0n) is 9.67. The van der Waals surface area contributed by atoms with Crippen molar-refractivity contribution >= 4 is 25.1 Å². The zero-order chi connectivity index (χ0) is 12.8. The summed E-state index contributed by atoms with van der Waals surface area (Å²) in [5.74, 6) is -0.311. The van der Waals surface area contributed by atoms with Crippen LogP contribution in [0.2, 0.25) is 5.02 Å². The Bertz CT molecular complexity index is 510. The van der Waals surface area contributed by atoms with E-state index >= 15 is 0 Å². The quantitative estimate of drug-likeness (QED) is 0.677. The summed E-state index contributed by atoms with van der Waals surface area (Å²) in [5, 5.41) is 3.25. The summed E-state index contributed by atoms with van der Waals surface area (Å²) < 4.78 is 16.3. The highest BCUT2D eigenvalue weighted by Crippen LogP contribution is 2.56. The van der Waals surface area contributed by atoms with Gasteiger partial charge in [0, 0.05) is 36.8 Å². The van der Waals surface area contributed by atoms with Crippen molar-refractivity contribution in [3.63, 3.8) is 0 Å². The van der Waals surface area contributed by atoms with Crippen molar-refractivity contribution in [1.82, 2.24) is 14.4 Å². The van der Waals surface area contributed by atoms with Crippen LogP contribution >= 0.6 is 19.2 Å². The van der Waals surface area contributed by atoms with Crippen LogP contribution < -0.4 is 5.09 Å². The summed E-state index contributed by atoms with van der Waals surface area (Å²) in [6.45, 7) is 3.15. The predicted octanol–water partition coefficient (Wildman–Crippen LogP) is 1.81. The number of nitrogens with one attached hydrogen (secondary N) is 1. The molecule has 18 heavy (non-hydrogen) atoms. The number of amides is 1. The molecule has 0 unspecified atom stereocenters. The number of rotatable bonds is 4. The van der Waals surface area contributed by atoms with E-state index in [0.29, 0.717) is 10.6 Å². The third kappa shape index (κ3) is 2.31. The Hall–Kier alpha value is -0.870. The molecule has 0 bridgehead atoms. The second-order valence-corrected chi connectivity index (χ2v) is 7.28. The maximum Gasteiger partial charge on any atom is 0.311 e. The van der Waals surface area contributed by atoms with Gasteiger partial charge in [-0.05, 0) is 24.3 Å². The van der Waals surface area contributed by atoms with Crippen molar-refractivity contribution in [3.8, 4) is 0 Å². The molecule has 2 saturated heterocycles. The van der Waals surface area contributed by atoms with E-state index in [-0.39, 0.29) is 5.91 Å². The van der Waals surface area contributed by atoms with E-state index in [2.05, 4.69) is 5.09 Å². The molecule has 1 aromatic rings. The van der Waals surface area contributed by atoms with E-state index < -0.39 is 7.59 Å². The average Bonchev–Trinajstić information content (AvgIpc) is 3.18. The molecule has 5 nitrogen and oxygen atoms in total. The number of hydrogen-bond donors (Lipinski definition) is 1. The van der Waals surface area contributed by atoms with Crippen LogP contribution in [0.4, 0.5) is 0 Å². The van der Waals surface area contributed by atoms with Crippen molar-refractivity contribution in [3.05, 3.63) is 34.9 Å². The minimum atomic E-state index is -2.84. The van der Waals surface area contributed by atoms with E-state index in [1.54, 1.807) is 24.3 Å². The molecule has 2 fully saturated rings. The molecule has 0 aromatic heterocycles. The number of nitrogens with zero attached hydrogens (tertiary/aromatic N) is 2. The molecule has 0 spiro atoms. The standard InChI is InChI=1S/C11H13ClN3O2P/c12-10-3-1-9(2-4-10)11(16)13-18(17,14-5-6-14)15-7-8-15/h1-4H,5-8H2,(H,13,16,17). The number of carbonyl (C=O) groups excluding carboxylic acids is 1. The molecule has 1 N–H and O–H groups in total. The molecule has 1 amide bonds. The first-order valence-corrected chi connectivity index (χ1v) is 7.78. The highest BCUT2D eigenvalue weighted by Gasteiger charge is 2.49. The summed E-state index contributed by atoms with van der Waals surface area (Å²) in [4.78, 5) is 12.1. The smallest absolute Gasteiger partial charge is 0.279 e. The van der Waals surface area contributed by atoms with Gasteiger partial charge in [-0.3, -0.25) is 14.4 Å². The predicted molar refractivity (Wildman–Crippen MR) is 69.7 cm³/mol. The third-order valence-corrected chi connectivity index (χ3v) is 6.05. The SMILES string of the molecule is O=C(NP(=O)(N1CC1)N1CC1)c1ccc(Cl)cc1. The van der Waals surface area contributed by atoms with Gasteiger partial charge in [0.2, 0.25) is 0 Å². The molecular formula is C11H13ClN3O2P. The van der Waals surface area contributed by atoms with Crippen LogP contribution in [-0.2, 0) is 4.57 Å². The van der Waals surface area contributed by atoms with E-state index in [4.69, 9.17) is 11.6 Å². The van der Waals surface area contributed by atoms with Crippen LogP contribution in [-0.4, -0.2) is 41.4 Å². The van der Waals surface area contributed by atoms with E-state index in [1.807, 2.05) is 9.34 Å². The summed E-state index contributed by atoms with van der Waals surface area (Å²) >= 11 is 5.77. The first kappa shape index (κ1) is 12.2. The van der Waals surface area contributed by atoms with Crippen LogP contribution in [0.5, 0.6) is 0 Å². The molecule has 2 aliphatic heterocycles. The number of halogens is 1. The molecule has 0 atom stereocenters. The lowest BCUT2D eigenvalue weighted by atomic mass is 10.2. The highest BCUT2D eigenvalue weighted by molar-refractivity contribution is 7.58. The molecule has 3 rings (SSSR count). The van der Waals surface area contributed by atoms with Crippen LogP contribution in [0.25, 0.3) is 0 Å². The molecule has 96 valence electrons. The van der Waals surface area contributed by atoms with Gasteiger partial charge in [0.15, 0.2) is 0 Å². The minimum Gasteiger partial charge on any atom is -0.279 e. The molecular weight excluding hydrogens is 273 g/mol. The van der Waals surface area contributed by atoms with Crippen molar-refractivity contribution in [2.75, 3.05) is 26.2 Å². The van der Waals surface area contributed by atoms with Gasteiger partial charge in [-0.25, -0.2) is 9.34 Å². The molecule has 2 heterocycles. The Morgan fingerprint density at radius 1 is 1.11 bits per heavy atom. The van der Waals surface area contributed by atoms with E-state index in [0.717, 1.165) is 26.2 Å². The van der Waals surface area contributed by atoms with Gasteiger partial charge in [0.1, 0.15) is 0 Å². The van der Waals surface area contributed by atoms with Gasteiger partial charge < -0.3 is 0 Å². The van der Waals surface area contributed by atoms with Crippen molar-refractivity contribution in [1.29, 1.82) is 0 Å². The van der Waals surface area contributed by atoms with E-state index in [1.165, 1.54) is 0 Å². The number of carbonyl (C=O) groups is 1. The summed E-state index contributed by atoms with van der Waals surface area (Å²) in [5.41, 5.74) is 0.475. The van der Waals surface area contributed by atoms with Gasteiger partial charge in [-0.15, -0.1) is 0 Å². The van der Waals surface area contributed by atoms with Crippen LogP contribution in [0, 0.1) is 0 Å². The zero-order valence-corrected chi connectivity index (χ0v) is 11.3. The average molecular weight is 286 g/mol. The Morgan fingerprint density at radius 3 is 2.06 bits per heavy atom. The minimum absolute atomic E-state index is 0.311. The highest BCUT2D eigenvalue weighted by atomic mass is 35.5. The second kappa shape index (κ2) is 4.35. The molecule has 1 aromatic carbocycles. The van der Waals surface area contributed by atoms with Gasteiger partial charge >= 0.3 is 7.59 Å². The number of hydrogen-bond acceptors (Lipinski definition) is 2. The van der Waals surface area contributed by atoms with Crippen molar-refractivity contribution < 1.29 is 9.36 Å². The fraction of sp³-hybridized carbons (Fsp3) is 0.364. The van der Waals surface area contributed by atoms with Crippen LogP contribution in [0.1, 0.15) is 10.4 Å². The molecule has 0 radical (unpaired) electrons. The first-order valence-electron chi connectivity index (χ1n) is 5.79. The lowest BCUT2D eigenvalue weighted by Crippen LogP contribution is -2.27. The number of benzene rings is 1. The van der Waals surface area contributed by atoms with E-state index in [9.17, 15) is 9.36 Å². The summed E-state index contributed by atoms with van der Waals surface area (Å²) in [6.07, 6.45) is 0. The van der Waals surface area contributed by atoms with Crippen molar-refractivity contribution in [2.24, 2.45) is 0 Å². The Labute approximate surface area is 110 Å². The summed E-state index contributed by atoms with van der Waals surface area (Å²) in [7, 11) is -2.84. The van der Waals surface area contributed by atoms with Gasteiger partial charge in [0.05, 0.1) is 0 Å². The van der Waals surface area contributed by atoms with Crippen LogP contribution in [0.3, 0.4) is 0 Å². The Balaban J connectivity index is 1.77. The Morgan fingerprint density at radius 2 is 1.61 bits per heavy atom. The van der Waals surface area contributed by atoms with Crippen molar-refractivity contribution in [2.45, 2.75) is 0 Å². The fourth-order valence-electron chi connectivity index (χ4n) is 1.75. The maximum absolute atomic E-state index is 12.7. The molecule has 0 aliphatic carbocycles. The van der Waals surface area contributed by atoms with Gasteiger partial charge in [-0.2, -0.15) is 0 Å².